The molecule has 0 amide bonds. The molecule has 4 nitrogen and oxygen atoms in total. The van der Waals surface area contributed by atoms with E-state index in [4.69, 9.17) is 16.5 Å². The fourth-order valence-corrected chi connectivity index (χ4v) is 23.9. The van der Waals surface area contributed by atoms with Crippen molar-refractivity contribution in [3.8, 4) is 0 Å². The van der Waals surface area contributed by atoms with E-state index < -0.39 is 34.2 Å². The Morgan fingerprint density at radius 2 is 0.600 bits per heavy atom. The van der Waals surface area contributed by atoms with Crippen molar-refractivity contribution in [2.24, 2.45) is 0 Å². The van der Waals surface area contributed by atoms with Crippen molar-refractivity contribution in [2.45, 2.75) is 78.1 Å². The lowest BCUT2D eigenvalue weighted by Gasteiger charge is -2.49. The number of rotatable bonds is 4. The van der Waals surface area contributed by atoms with Crippen LogP contribution in [-0.2, 0) is 16.5 Å². The molecular weight excluding hydrogens is 320 g/mol. The van der Waals surface area contributed by atoms with E-state index in [1.165, 1.54) is 0 Å². The van der Waals surface area contributed by atoms with Gasteiger partial charge in [0.15, 0.2) is 0 Å². The first-order valence-electron chi connectivity index (χ1n) is 7.88. The molecule has 0 aromatic carbocycles. The molecule has 120 valence electrons. The van der Waals surface area contributed by atoms with Crippen molar-refractivity contribution in [1.29, 1.82) is 0 Å². The molecule has 0 spiro atoms. The van der Waals surface area contributed by atoms with Gasteiger partial charge in [-0.05, 0) is 50.4 Å². The molecule has 0 bridgehead atoms. The highest BCUT2D eigenvalue weighted by Gasteiger charge is 2.54. The summed E-state index contributed by atoms with van der Waals surface area (Å²) in [5, 5.41) is 0. The van der Waals surface area contributed by atoms with Crippen LogP contribution >= 0.6 is 0 Å². The first-order chi connectivity index (χ1) is 9.07. The van der Waals surface area contributed by atoms with Gasteiger partial charge >= 0.3 is 34.2 Å². The summed E-state index contributed by atoms with van der Waals surface area (Å²) in [5.41, 5.74) is 0. The summed E-state index contributed by atoms with van der Waals surface area (Å²) in [6, 6.07) is 3.81. The average Bonchev–Trinajstić information content (AvgIpc) is 2.36. The molecule has 0 aliphatic carbocycles. The molecule has 0 atom stereocenters. The van der Waals surface area contributed by atoms with Gasteiger partial charge in [0.25, 0.3) is 0 Å². The predicted octanol–water partition coefficient (Wildman–Crippen LogP) is 4.43. The second-order valence-electron chi connectivity index (χ2n) is 6.36. The highest BCUT2D eigenvalue weighted by molar-refractivity contribution is 6.93. The normalized spacial score (nSPS) is 46.8. The van der Waals surface area contributed by atoms with Gasteiger partial charge in [-0.25, -0.2) is 0 Å². The van der Waals surface area contributed by atoms with Crippen LogP contribution in [-0.4, -0.2) is 34.2 Å². The van der Waals surface area contributed by atoms with Gasteiger partial charge in [0.05, 0.1) is 0 Å². The van der Waals surface area contributed by atoms with E-state index in [0.29, 0.717) is 0 Å². The first-order valence-corrected chi connectivity index (χ1v) is 18.0. The Kier molecular flexibility index (Phi) is 6.05. The molecule has 1 fully saturated rings. The minimum Gasteiger partial charge on any atom is -0.416 e. The molecule has 0 aromatic rings. The lowest BCUT2D eigenvalue weighted by atomic mass is 11.0. The fraction of sp³-hybridized carbons (Fsp3) is 1.00. The van der Waals surface area contributed by atoms with Crippen LogP contribution in [0.1, 0.15) is 27.7 Å². The molecule has 0 N–H and O–H groups in total. The zero-order valence-electron chi connectivity index (χ0n) is 14.5. The molecule has 20 heavy (non-hydrogen) atoms. The SMILES string of the molecule is CC[Si]1(C)O[Si](C)(CC)O[Si](C)(CC)O[Si](C)(CC)O1. The van der Waals surface area contributed by atoms with E-state index in [0.717, 1.165) is 24.2 Å². The highest BCUT2D eigenvalue weighted by Crippen LogP contribution is 2.36. The molecule has 0 unspecified atom stereocenters. The Morgan fingerprint density at radius 1 is 0.450 bits per heavy atom. The van der Waals surface area contributed by atoms with E-state index in [2.05, 4.69) is 53.9 Å². The van der Waals surface area contributed by atoms with Crippen molar-refractivity contribution in [1.82, 2.24) is 0 Å². The average molecular weight is 353 g/mol. The minimum atomic E-state index is -2.19. The third-order valence-corrected chi connectivity index (χ3v) is 23.3. The predicted molar refractivity (Wildman–Crippen MR) is 92.7 cm³/mol. The van der Waals surface area contributed by atoms with Crippen LogP contribution in [0.5, 0.6) is 0 Å². The monoisotopic (exact) mass is 352 g/mol. The smallest absolute Gasteiger partial charge is 0.317 e. The number of hydrogen-bond acceptors (Lipinski definition) is 4. The maximum absolute atomic E-state index is 6.58. The Balaban J connectivity index is 3.18. The van der Waals surface area contributed by atoms with Crippen molar-refractivity contribution in [3.63, 3.8) is 0 Å². The Labute approximate surface area is 129 Å². The molecule has 8 heteroatoms. The lowest BCUT2D eigenvalue weighted by molar-refractivity contribution is 0.225. The zero-order chi connectivity index (χ0) is 15.7. The summed E-state index contributed by atoms with van der Waals surface area (Å²) in [7, 11) is -8.74. The van der Waals surface area contributed by atoms with Gasteiger partial charge in [0, 0.05) is 0 Å². The Bertz CT molecular complexity index is 267. The minimum absolute atomic E-state index is 0.954. The Hall–Kier alpha value is 0.708. The van der Waals surface area contributed by atoms with Gasteiger partial charge in [-0.1, -0.05) is 27.7 Å². The molecule has 0 saturated carbocycles. The third-order valence-electron chi connectivity index (χ3n) is 4.30. The standard InChI is InChI=1S/C12H32O4Si4/c1-9-17(5)13-18(6,10-2)15-20(8,12-4)16-19(7,11-3)14-17/h9-12H2,1-8H3. The third kappa shape index (κ3) is 4.35. The van der Waals surface area contributed by atoms with Gasteiger partial charge in [0.1, 0.15) is 0 Å². The van der Waals surface area contributed by atoms with Gasteiger partial charge in [-0.3, -0.25) is 0 Å². The van der Waals surface area contributed by atoms with E-state index in [-0.39, 0.29) is 0 Å². The van der Waals surface area contributed by atoms with E-state index in [1.54, 1.807) is 0 Å². The molecule has 1 rings (SSSR count). The summed E-state index contributed by atoms with van der Waals surface area (Å²) in [5.74, 6) is 0. The van der Waals surface area contributed by atoms with Gasteiger partial charge in [-0.15, -0.1) is 0 Å². The van der Waals surface area contributed by atoms with Gasteiger partial charge in [0.2, 0.25) is 0 Å². The van der Waals surface area contributed by atoms with Crippen LogP contribution < -0.4 is 0 Å². The fourth-order valence-electron chi connectivity index (χ4n) is 2.49. The summed E-state index contributed by atoms with van der Waals surface area (Å²) >= 11 is 0. The molecule has 0 aromatic heterocycles. The van der Waals surface area contributed by atoms with E-state index in [9.17, 15) is 0 Å². The molecular formula is C12H32O4Si4. The highest BCUT2D eigenvalue weighted by atomic mass is 28.5. The lowest BCUT2D eigenvalue weighted by Crippen LogP contribution is -2.66. The molecule has 1 aliphatic rings. The summed E-state index contributed by atoms with van der Waals surface area (Å²) < 4.78 is 26.3. The molecule has 0 radical (unpaired) electrons. The van der Waals surface area contributed by atoms with Crippen molar-refractivity contribution >= 4 is 34.2 Å². The van der Waals surface area contributed by atoms with E-state index in [1.807, 2.05) is 0 Å². The largest absolute Gasteiger partial charge is 0.416 e. The molecule has 1 heterocycles. The zero-order valence-corrected chi connectivity index (χ0v) is 18.5. The van der Waals surface area contributed by atoms with Crippen LogP contribution in [0, 0.1) is 0 Å². The quantitative estimate of drug-likeness (QED) is 0.701. The second-order valence-corrected chi connectivity index (χ2v) is 21.5. The Morgan fingerprint density at radius 3 is 0.700 bits per heavy atom. The first kappa shape index (κ1) is 18.8. The maximum Gasteiger partial charge on any atom is 0.317 e. The molecule has 1 aliphatic heterocycles. The van der Waals surface area contributed by atoms with Crippen molar-refractivity contribution in [3.05, 3.63) is 0 Å². The van der Waals surface area contributed by atoms with Crippen LogP contribution in [0.25, 0.3) is 0 Å². The van der Waals surface area contributed by atoms with Gasteiger partial charge < -0.3 is 16.5 Å². The van der Waals surface area contributed by atoms with E-state index >= 15 is 0 Å². The topological polar surface area (TPSA) is 36.9 Å². The second kappa shape index (κ2) is 6.45. The van der Waals surface area contributed by atoms with Gasteiger partial charge in [-0.2, -0.15) is 0 Å². The number of hydrogen-bond donors (Lipinski definition) is 0. The summed E-state index contributed by atoms with van der Waals surface area (Å²) in [6.45, 7) is 17.4. The van der Waals surface area contributed by atoms with Crippen LogP contribution in [0.3, 0.4) is 0 Å². The van der Waals surface area contributed by atoms with Crippen molar-refractivity contribution < 1.29 is 16.5 Å². The summed E-state index contributed by atoms with van der Waals surface area (Å²) in [6.07, 6.45) is 0. The summed E-state index contributed by atoms with van der Waals surface area (Å²) in [4.78, 5) is 0. The van der Waals surface area contributed by atoms with Crippen LogP contribution in [0.15, 0.2) is 0 Å². The van der Waals surface area contributed by atoms with Crippen LogP contribution in [0.2, 0.25) is 50.4 Å². The van der Waals surface area contributed by atoms with Crippen LogP contribution in [0.4, 0.5) is 0 Å². The maximum atomic E-state index is 6.58. The van der Waals surface area contributed by atoms with Crippen molar-refractivity contribution in [2.75, 3.05) is 0 Å². The molecule has 1 saturated heterocycles.